The van der Waals surface area contributed by atoms with Crippen LogP contribution in [0.4, 0.5) is 23.0 Å². The fourth-order valence-electron chi connectivity index (χ4n) is 6.70. The van der Waals surface area contributed by atoms with Crippen molar-refractivity contribution >= 4 is 76.5 Å². The van der Waals surface area contributed by atoms with Gasteiger partial charge in [0.05, 0.1) is 71.1 Å². The van der Waals surface area contributed by atoms with Gasteiger partial charge in [0.1, 0.15) is 30.0 Å². The summed E-state index contributed by atoms with van der Waals surface area (Å²) in [5.74, 6) is -1.70. The van der Waals surface area contributed by atoms with Crippen molar-refractivity contribution in [2.75, 3.05) is 28.7 Å². The van der Waals surface area contributed by atoms with Gasteiger partial charge in [0.25, 0.3) is 0 Å². The molecule has 0 bridgehead atoms. The van der Waals surface area contributed by atoms with Crippen LogP contribution in [-0.2, 0) is 56.8 Å². The predicted octanol–water partition coefficient (Wildman–Crippen LogP) is 4.78. The van der Waals surface area contributed by atoms with Crippen molar-refractivity contribution in [2.45, 2.75) is 58.6 Å². The zero-order valence-electron chi connectivity index (χ0n) is 37.6. The second-order valence-corrected chi connectivity index (χ2v) is 22.2. The van der Waals surface area contributed by atoms with Crippen LogP contribution in [0.25, 0.3) is 21.8 Å². The quantitative estimate of drug-likeness (QED) is 0.0525. The number of nitrogens with zero attached hydrogens (tertiary/aromatic N) is 11. The highest BCUT2D eigenvalue weighted by Crippen LogP contribution is 2.27. The summed E-state index contributed by atoms with van der Waals surface area (Å²) >= 11 is 0. The summed E-state index contributed by atoms with van der Waals surface area (Å²) in [7, 11) is -1.25. The highest BCUT2D eigenvalue weighted by Gasteiger charge is 2.27. The number of nitrogens with two attached hydrogens (primary N) is 2. The lowest BCUT2D eigenvalue weighted by Crippen LogP contribution is -2.39. The maximum absolute atomic E-state index is 13.4. The number of aromatic amines is 1. The minimum atomic E-state index is -1.25. The van der Waals surface area contributed by atoms with Crippen LogP contribution < -0.4 is 22.1 Å². The molecule has 7 N–H and O–H groups in total. The molecule has 8 rings (SSSR count). The Labute approximate surface area is 391 Å². The first kappa shape index (κ1) is 47.5. The van der Waals surface area contributed by atoms with E-state index in [9.17, 15) is 19.2 Å². The molecule has 21 nitrogen and oxygen atoms in total. The van der Waals surface area contributed by atoms with Crippen LogP contribution in [0.2, 0.25) is 25.7 Å². The summed E-state index contributed by atoms with van der Waals surface area (Å²) in [5.41, 5.74) is 15.3. The Morgan fingerprint density at radius 2 is 1.13 bits per heavy atom. The Balaban J connectivity index is 0.000000207. The summed E-state index contributed by atoms with van der Waals surface area (Å²) in [5, 5.41) is 17.4. The topological polar surface area (TPSA) is 284 Å². The third kappa shape index (κ3) is 12.6. The molecule has 0 aliphatic carbocycles. The second-order valence-electron chi connectivity index (χ2n) is 16.6. The van der Waals surface area contributed by atoms with Crippen LogP contribution in [0.1, 0.15) is 22.8 Å². The number of hydrogen-bond acceptors (Lipinski definition) is 15. The minimum Gasteiger partial charge on any atom is -0.383 e. The molecule has 4 amide bonds. The van der Waals surface area contributed by atoms with E-state index in [1.165, 1.54) is 28.4 Å². The number of ether oxygens (including phenoxy) is 1. The molecule has 6 heterocycles. The van der Waals surface area contributed by atoms with Gasteiger partial charge < -0.3 is 36.6 Å². The number of hydrogen-bond donors (Lipinski definition) is 5. The van der Waals surface area contributed by atoms with Crippen LogP contribution in [0.5, 0.6) is 0 Å². The van der Waals surface area contributed by atoms with Crippen molar-refractivity contribution in [3.05, 3.63) is 145 Å². The average molecular weight is 935 g/mol. The van der Waals surface area contributed by atoms with Gasteiger partial charge in [-0.25, -0.2) is 34.6 Å². The Morgan fingerprint density at radius 3 is 1.66 bits per heavy atom. The molecule has 0 aliphatic rings. The molecular formula is C46H50N16O5Si. The molecule has 0 radical (unpaired) electrons. The lowest BCUT2D eigenvalue weighted by Gasteiger charge is -2.21. The number of benzene rings is 2. The summed E-state index contributed by atoms with van der Waals surface area (Å²) in [6.07, 6.45) is 12.2. The number of aromatic nitrogens is 10. The summed E-state index contributed by atoms with van der Waals surface area (Å²) in [4.78, 5) is 80.0. The Morgan fingerprint density at radius 1 is 0.632 bits per heavy atom. The predicted molar refractivity (Wildman–Crippen MR) is 257 cm³/mol. The van der Waals surface area contributed by atoms with Crippen LogP contribution >= 0.6 is 0 Å². The average Bonchev–Trinajstić information content (AvgIpc) is 4.03. The normalized spacial score (nSPS) is 11.1. The molecule has 6 aromatic heterocycles. The van der Waals surface area contributed by atoms with Gasteiger partial charge in [0.15, 0.2) is 0 Å². The molecule has 0 aliphatic heterocycles. The number of carbonyl (C=O) groups excluding carboxylic acids is 4. The molecule has 68 heavy (non-hydrogen) atoms. The van der Waals surface area contributed by atoms with E-state index in [-0.39, 0.29) is 44.5 Å². The Hall–Kier alpha value is -8.50. The van der Waals surface area contributed by atoms with Crippen molar-refractivity contribution in [3.63, 3.8) is 0 Å². The van der Waals surface area contributed by atoms with Gasteiger partial charge in [-0.3, -0.25) is 24.3 Å². The van der Waals surface area contributed by atoms with Crippen LogP contribution in [0, 0.1) is 0 Å². The third-order valence-electron chi connectivity index (χ3n) is 10.2. The molecule has 0 unspecified atom stereocenters. The van der Waals surface area contributed by atoms with E-state index in [2.05, 4.69) is 75.5 Å². The van der Waals surface area contributed by atoms with Crippen molar-refractivity contribution < 1.29 is 23.9 Å². The van der Waals surface area contributed by atoms with Crippen molar-refractivity contribution in [1.82, 2.24) is 59.7 Å². The van der Waals surface area contributed by atoms with Gasteiger partial charge in [-0.2, -0.15) is 10.2 Å². The first-order chi connectivity index (χ1) is 32.8. The first-order valence-corrected chi connectivity index (χ1v) is 25.1. The number of H-pyrrole nitrogens is 1. The number of carbonyl (C=O) groups is 4. The molecule has 0 atom stereocenters. The lowest BCUT2D eigenvalue weighted by atomic mass is 10.2. The number of nitrogens with one attached hydrogen (secondary N) is 3. The molecule has 8 aromatic rings. The van der Waals surface area contributed by atoms with Crippen molar-refractivity contribution in [3.8, 4) is 0 Å². The maximum atomic E-state index is 13.4. The monoisotopic (exact) mass is 934 g/mol. The third-order valence-corrected chi connectivity index (χ3v) is 11.9. The molecule has 0 saturated carbocycles. The molecule has 348 valence electrons. The summed E-state index contributed by atoms with van der Waals surface area (Å²) < 4.78 is 7.46. The van der Waals surface area contributed by atoms with Crippen LogP contribution in [-0.4, -0.2) is 98.0 Å². The van der Waals surface area contributed by atoms with Gasteiger partial charge in [-0.1, -0.05) is 80.3 Å². The molecule has 2 aromatic carbocycles. The standard InChI is InChI=1S/C26H32N8O3Si.C20H18N8O2/c1-38(2,3)13-12-37-18-34-23-20(14-31-34)24(27)30-15-21(23)32-25(35)26(36)33(16-19-8-5-4-6-9-19)17-22-28-10-7-11-29-22;21-18-14-9-25-27-17(14)15(10-24-18)26-19(29)20(30)28(11-13-5-2-1-3-6-13)12-16-22-7-4-8-23-16/h4-11,14-15H,12-13,16-18H2,1-3H3,(H2,27,30)(H,32,35);1-10H,11-12H2,(H2,21,24)(H,25,27)(H,26,29). The number of nitrogen functional groups attached to an aromatic ring is 2. The lowest BCUT2D eigenvalue weighted by molar-refractivity contribution is -0.144. The van der Waals surface area contributed by atoms with E-state index in [0.29, 0.717) is 51.4 Å². The SMILES string of the molecule is C[Si](C)(C)CCOCn1ncc2c(N)ncc(NC(=O)C(=O)N(Cc3ccccc3)Cc3ncccn3)c21.Nc1ncc(NC(=O)C(=O)N(Cc2ccccc2)Cc2ncccn2)c2[nH]ncc12. The molecular weight excluding hydrogens is 885 g/mol. The van der Waals surface area contributed by atoms with Gasteiger partial charge in [-0.05, 0) is 29.3 Å². The van der Waals surface area contributed by atoms with E-state index in [0.717, 1.165) is 17.2 Å². The minimum absolute atomic E-state index is 0.0697. The van der Waals surface area contributed by atoms with E-state index < -0.39 is 31.7 Å². The van der Waals surface area contributed by atoms with Gasteiger partial charge >= 0.3 is 23.6 Å². The molecule has 22 heteroatoms. The summed E-state index contributed by atoms with van der Waals surface area (Å²) in [6, 6.07) is 23.2. The van der Waals surface area contributed by atoms with E-state index in [1.54, 1.807) is 47.8 Å². The van der Waals surface area contributed by atoms with Gasteiger partial charge in [0, 0.05) is 52.6 Å². The fraction of sp³-hybridized carbons (Fsp3) is 0.217. The molecule has 0 spiro atoms. The molecule has 0 fully saturated rings. The highest BCUT2D eigenvalue weighted by molar-refractivity contribution is 6.76. The highest BCUT2D eigenvalue weighted by atomic mass is 28.3. The van der Waals surface area contributed by atoms with Crippen LogP contribution in [0.15, 0.2) is 122 Å². The number of amides is 4. The number of rotatable bonds is 15. The van der Waals surface area contributed by atoms with Gasteiger partial charge in [-0.15, -0.1) is 0 Å². The largest absolute Gasteiger partial charge is 0.383 e. The number of anilines is 4. The maximum Gasteiger partial charge on any atom is 0.314 e. The zero-order chi connectivity index (χ0) is 48.0. The van der Waals surface area contributed by atoms with Crippen LogP contribution in [0.3, 0.4) is 0 Å². The molecule has 0 saturated heterocycles. The Kier molecular flexibility index (Phi) is 15.4. The van der Waals surface area contributed by atoms with Crippen molar-refractivity contribution in [1.29, 1.82) is 0 Å². The Bertz CT molecular complexity index is 2890. The smallest absolute Gasteiger partial charge is 0.314 e. The number of pyridine rings is 2. The van der Waals surface area contributed by atoms with E-state index in [4.69, 9.17) is 16.2 Å². The second kappa shape index (κ2) is 22.1. The van der Waals surface area contributed by atoms with E-state index >= 15 is 0 Å². The van der Waals surface area contributed by atoms with E-state index in [1.807, 2.05) is 60.7 Å². The zero-order valence-corrected chi connectivity index (χ0v) is 38.6. The van der Waals surface area contributed by atoms with Crippen molar-refractivity contribution in [2.24, 2.45) is 0 Å². The van der Waals surface area contributed by atoms with Gasteiger partial charge in [0.2, 0.25) is 0 Å². The summed E-state index contributed by atoms with van der Waals surface area (Å²) in [6.45, 7) is 8.22. The first-order valence-electron chi connectivity index (χ1n) is 21.4. The number of fused-ring (bicyclic) bond motifs is 2. The fourth-order valence-corrected chi connectivity index (χ4v) is 7.46.